The first kappa shape index (κ1) is 18.3. The van der Waals surface area contributed by atoms with Gasteiger partial charge in [0.15, 0.2) is 0 Å². The molecular formula is C28H22BN. The van der Waals surface area contributed by atoms with Crippen LogP contribution in [0.4, 0.5) is 17.1 Å². The van der Waals surface area contributed by atoms with E-state index in [0.29, 0.717) is 0 Å². The number of anilines is 3. The number of fused-ring (bicyclic) bond motifs is 1. The second-order valence-corrected chi connectivity index (χ2v) is 7.62. The van der Waals surface area contributed by atoms with Gasteiger partial charge in [-0.3, -0.25) is 0 Å². The van der Waals surface area contributed by atoms with Gasteiger partial charge in [0.1, 0.15) is 7.85 Å². The average Bonchev–Trinajstić information content (AvgIpc) is 2.81. The molecule has 0 radical (unpaired) electrons. The molecule has 0 saturated heterocycles. The molecule has 0 unspecified atom stereocenters. The van der Waals surface area contributed by atoms with E-state index in [1.54, 1.807) is 0 Å². The lowest BCUT2D eigenvalue weighted by molar-refractivity contribution is 1.29. The zero-order chi connectivity index (χ0) is 20.3. The van der Waals surface area contributed by atoms with Gasteiger partial charge in [-0.05, 0) is 58.3 Å². The largest absolute Gasteiger partial charge is 0.310 e. The minimum absolute atomic E-state index is 1.15. The Bertz CT molecular complexity index is 1280. The number of rotatable bonds is 4. The fraction of sp³-hybridized carbons (Fsp3) is 0. The first-order chi connectivity index (χ1) is 14.8. The monoisotopic (exact) mass is 383 g/mol. The van der Waals surface area contributed by atoms with Crippen molar-refractivity contribution in [3.8, 4) is 11.1 Å². The van der Waals surface area contributed by atoms with Crippen LogP contribution in [0.3, 0.4) is 0 Å². The summed E-state index contributed by atoms with van der Waals surface area (Å²) in [5, 5.41) is 2.50. The standard InChI is InChI=1S/C28H22BN/c29-25-15-10-22(11-16-25)23-12-17-27(18-13-23)30(26-8-2-1-3-9-26)28-19-14-21-6-4-5-7-24(21)20-28/h1-20H,29H2. The zero-order valence-electron chi connectivity index (χ0n) is 17.0. The molecule has 0 N–H and O–H groups in total. The maximum Gasteiger partial charge on any atom is 0.139 e. The number of para-hydroxylation sites is 1. The highest BCUT2D eigenvalue weighted by molar-refractivity contribution is 6.32. The van der Waals surface area contributed by atoms with Gasteiger partial charge in [0.05, 0.1) is 0 Å². The molecule has 0 aliphatic rings. The predicted octanol–water partition coefficient (Wildman–Crippen LogP) is 6.24. The molecule has 0 atom stereocenters. The summed E-state index contributed by atoms with van der Waals surface area (Å²) in [6, 6.07) is 43.2. The molecule has 5 aromatic rings. The molecule has 5 rings (SSSR count). The van der Waals surface area contributed by atoms with Gasteiger partial charge in [0, 0.05) is 17.1 Å². The molecular weight excluding hydrogens is 361 g/mol. The van der Waals surface area contributed by atoms with Crippen molar-refractivity contribution in [2.24, 2.45) is 0 Å². The zero-order valence-corrected chi connectivity index (χ0v) is 17.0. The number of nitrogens with zero attached hydrogens (tertiary/aromatic N) is 1. The van der Waals surface area contributed by atoms with Crippen LogP contribution in [0.1, 0.15) is 0 Å². The van der Waals surface area contributed by atoms with Crippen LogP contribution in [0.25, 0.3) is 21.9 Å². The summed E-state index contributed by atoms with van der Waals surface area (Å²) in [5.74, 6) is 0. The summed E-state index contributed by atoms with van der Waals surface area (Å²) < 4.78 is 0. The maximum atomic E-state index is 2.31. The normalized spacial score (nSPS) is 10.8. The van der Waals surface area contributed by atoms with Crippen molar-refractivity contribution in [3.05, 3.63) is 121 Å². The van der Waals surface area contributed by atoms with Gasteiger partial charge >= 0.3 is 0 Å². The van der Waals surface area contributed by atoms with Crippen molar-refractivity contribution in [1.29, 1.82) is 0 Å². The first-order valence-corrected chi connectivity index (χ1v) is 10.3. The summed E-state index contributed by atoms with van der Waals surface area (Å²) >= 11 is 0. The number of benzene rings is 5. The Morgan fingerprint density at radius 2 is 0.967 bits per heavy atom. The van der Waals surface area contributed by atoms with E-state index >= 15 is 0 Å². The van der Waals surface area contributed by atoms with Gasteiger partial charge in [0.25, 0.3) is 0 Å². The molecule has 0 heterocycles. The lowest BCUT2D eigenvalue weighted by Crippen LogP contribution is -2.09. The van der Waals surface area contributed by atoms with E-state index in [1.807, 2.05) is 0 Å². The van der Waals surface area contributed by atoms with Crippen LogP contribution < -0.4 is 10.4 Å². The minimum Gasteiger partial charge on any atom is -0.310 e. The van der Waals surface area contributed by atoms with Gasteiger partial charge in [0.2, 0.25) is 0 Å². The molecule has 1 nitrogen and oxygen atoms in total. The summed E-state index contributed by atoms with van der Waals surface area (Å²) in [7, 11) is 2.12. The van der Waals surface area contributed by atoms with E-state index in [2.05, 4.69) is 134 Å². The van der Waals surface area contributed by atoms with Crippen LogP contribution in [0.15, 0.2) is 121 Å². The molecule has 0 aliphatic heterocycles. The SMILES string of the molecule is Bc1ccc(-c2ccc(N(c3ccccc3)c3ccc4ccccc4c3)cc2)cc1. The van der Waals surface area contributed by atoms with E-state index in [0.717, 1.165) is 17.1 Å². The smallest absolute Gasteiger partial charge is 0.139 e. The quantitative estimate of drug-likeness (QED) is 0.332. The van der Waals surface area contributed by atoms with Crippen molar-refractivity contribution < 1.29 is 0 Å². The van der Waals surface area contributed by atoms with Crippen LogP contribution in [-0.4, -0.2) is 7.85 Å². The molecule has 5 aromatic carbocycles. The second-order valence-electron chi connectivity index (χ2n) is 7.62. The first-order valence-electron chi connectivity index (χ1n) is 10.3. The van der Waals surface area contributed by atoms with Crippen molar-refractivity contribution in [3.63, 3.8) is 0 Å². The molecule has 0 bridgehead atoms. The second kappa shape index (κ2) is 7.92. The topological polar surface area (TPSA) is 3.24 Å². The van der Waals surface area contributed by atoms with E-state index in [-0.39, 0.29) is 0 Å². The molecule has 2 heteroatoms. The molecule has 0 amide bonds. The highest BCUT2D eigenvalue weighted by atomic mass is 15.1. The van der Waals surface area contributed by atoms with E-state index in [4.69, 9.17) is 0 Å². The van der Waals surface area contributed by atoms with Gasteiger partial charge in [-0.1, -0.05) is 90.4 Å². The van der Waals surface area contributed by atoms with Gasteiger partial charge in [-0.15, -0.1) is 0 Å². The third-order valence-corrected chi connectivity index (χ3v) is 5.52. The summed E-state index contributed by atoms with van der Waals surface area (Å²) in [4.78, 5) is 2.31. The highest BCUT2D eigenvalue weighted by Gasteiger charge is 2.13. The Balaban J connectivity index is 1.59. The molecule has 0 fully saturated rings. The van der Waals surface area contributed by atoms with Crippen LogP contribution >= 0.6 is 0 Å². The summed E-state index contributed by atoms with van der Waals surface area (Å²) in [5.41, 5.74) is 7.20. The van der Waals surface area contributed by atoms with E-state index in [1.165, 1.54) is 27.4 Å². The Hall–Kier alpha value is -3.78. The minimum atomic E-state index is 1.15. The number of hydrogen-bond acceptors (Lipinski definition) is 1. The lowest BCUT2D eigenvalue weighted by atomic mass is 9.93. The Kier molecular flexibility index (Phi) is 4.82. The molecule has 142 valence electrons. The van der Waals surface area contributed by atoms with Crippen molar-refractivity contribution >= 4 is 41.1 Å². The molecule has 0 aliphatic carbocycles. The van der Waals surface area contributed by atoms with Crippen molar-refractivity contribution in [2.75, 3.05) is 4.90 Å². The lowest BCUT2D eigenvalue weighted by Gasteiger charge is -2.26. The van der Waals surface area contributed by atoms with Gasteiger partial charge < -0.3 is 4.90 Å². The van der Waals surface area contributed by atoms with Crippen LogP contribution in [-0.2, 0) is 0 Å². The van der Waals surface area contributed by atoms with Crippen LogP contribution in [0.5, 0.6) is 0 Å². The fourth-order valence-electron chi connectivity index (χ4n) is 3.89. The van der Waals surface area contributed by atoms with E-state index in [9.17, 15) is 0 Å². The Labute approximate surface area is 178 Å². The van der Waals surface area contributed by atoms with Crippen molar-refractivity contribution in [1.82, 2.24) is 0 Å². The summed E-state index contributed by atoms with van der Waals surface area (Å²) in [6.45, 7) is 0. The van der Waals surface area contributed by atoms with Crippen LogP contribution in [0.2, 0.25) is 0 Å². The fourth-order valence-corrected chi connectivity index (χ4v) is 3.89. The Morgan fingerprint density at radius 1 is 0.433 bits per heavy atom. The number of hydrogen-bond donors (Lipinski definition) is 0. The molecule has 0 saturated carbocycles. The predicted molar refractivity (Wildman–Crippen MR) is 132 cm³/mol. The van der Waals surface area contributed by atoms with Gasteiger partial charge in [-0.25, -0.2) is 0 Å². The maximum absolute atomic E-state index is 2.31. The molecule has 30 heavy (non-hydrogen) atoms. The third kappa shape index (κ3) is 3.60. The van der Waals surface area contributed by atoms with Gasteiger partial charge in [-0.2, -0.15) is 0 Å². The van der Waals surface area contributed by atoms with Crippen molar-refractivity contribution in [2.45, 2.75) is 0 Å². The van der Waals surface area contributed by atoms with E-state index < -0.39 is 0 Å². The third-order valence-electron chi connectivity index (χ3n) is 5.52. The summed E-state index contributed by atoms with van der Waals surface area (Å²) in [6.07, 6.45) is 0. The molecule has 0 spiro atoms. The molecule has 0 aromatic heterocycles. The van der Waals surface area contributed by atoms with Crippen LogP contribution in [0, 0.1) is 0 Å². The average molecular weight is 383 g/mol. The Morgan fingerprint density at radius 3 is 1.67 bits per heavy atom. The highest BCUT2D eigenvalue weighted by Crippen LogP contribution is 2.36.